The number of nitrogens with one attached hydrogen (secondary N) is 1. The van der Waals surface area contributed by atoms with Gasteiger partial charge in [-0.3, -0.25) is 9.62 Å². The summed E-state index contributed by atoms with van der Waals surface area (Å²) < 4.78 is 41.4. The van der Waals surface area contributed by atoms with Crippen LogP contribution in [0.25, 0.3) is 0 Å². The normalized spacial score (nSPS) is 19.4. The maximum absolute atomic E-state index is 12.9. The average Bonchev–Trinajstić information content (AvgIpc) is 2.98. The van der Waals surface area contributed by atoms with Crippen LogP contribution in [0.3, 0.4) is 0 Å². The second-order valence-electron chi connectivity index (χ2n) is 10.1. The fourth-order valence-corrected chi connectivity index (χ4v) is 5.97. The molecule has 1 aliphatic rings. The maximum Gasteiger partial charge on any atom is 0.261 e. The van der Waals surface area contributed by atoms with Gasteiger partial charge in [0.05, 0.1) is 23.7 Å². The summed E-state index contributed by atoms with van der Waals surface area (Å²) >= 11 is 0. The number of likely N-dealkylation sites (N-methyl/N-ethyl adjacent to an activating group) is 1. The fraction of sp³-hybridized carbons (Fsp3) is 0.250. The number of rotatable bonds is 10. The quantitative estimate of drug-likeness (QED) is 0.261. The zero-order valence-electron chi connectivity index (χ0n) is 22.4. The lowest BCUT2D eigenvalue weighted by molar-refractivity contribution is -0.252. The largest absolute Gasteiger partial charge is 0.392 e. The van der Waals surface area contributed by atoms with Gasteiger partial charge in [-0.2, -0.15) is 0 Å². The molecule has 2 N–H and O–H groups in total. The number of aliphatic hydroxyl groups excluding tert-OH is 1. The minimum Gasteiger partial charge on any atom is -0.392 e. The van der Waals surface area contributed by atoms with Crippen molar-refractivity contribution in [2.75, 3.05) is 18.3 Å². The van der Waals surface area contributed by atoms with E-state index in [2.05, 4.69) is 28.8 Å². The van der Waals surface area contributed by atoms with Crippen LogP contribution in [0.1, 0.15) is 41.1 Å². The van der Waals surface area contributed by atoms with E-state index >= 15 is 0 Å². The number of hydrogen-bond donors (Lipinski definition) is 2. The van der Waals surface area contributed by atoms with E-state index in [0.29, 0.717) is 18.7 Å². The number of benzene rings is 4. The Labute approximate surface area is 236 Å². The van der Waals surface area contributed by atoms with Crippen LogP contribution in [0.2, 0.25) is 0 Å². The molecule has 5 rings (SSSR count). The van der Waals surface area contributed by atoms with Gasteiger partial charge >= 0.3 is 0 Å². The molecule has 0 aliphatic carbocycles. The standard InChI is InChI=1S/C32H34N2O5S/c1-34(21-24-9-4-2-5-10-24)22-29-20-31(26-17-15-25(23-35)16-18-26)39-32(38-29)27-11-8-12-28(19-27)33-40(36,37)30-13-6-3-7-14-30/h2-19,29,31-33,35H,20-23H2,1H3/t29-,31+,32+/m1/s1. The van der Waals surface area contributed by atoms with Gasteiger partial charge in [-0.05, 0) is 48.0 Å². The molecule has 1 heterocycles. The lowest BCUT2D eigenvalue weighted by Gasteiger charge is -2.38. The van der Waals surface area contributed by atoms with Gasteiger partial charge in [-0.15, -0.1) is 0 Å². The van der Waals surface area contributed by atoms with Crippen LogP contribution in [0.15, 0.2) is 114 Å². The van der Waals surface area contributed by atoms with E-state index in [4.69, 9.17) is 9.47 Å². The number of anilines is 1. The van der Waals surface area contributed by atoms with Crippen LogP contribution in [0, 0.1) is 0 Å². The van der Waals surface area contributed by atoms with Gasteiger partial charge in [0.2, 0.25) is 0 Å². The number of hydrogen-bond acceptors (Lipinski definition) is 6. The molecule has 4 aromatic carbocycles. The Bertz CT molecular complexity index is 1480. The predicted molar refractivity (Wildman–Crippen MR) is 155 cm³/mol. The Balaban J connectivity index is 1.36. The highest BCUT2D eigenvalue weighted by molar-refractivity contribution is 7.92. The number of aliphatic hydroxyl groups is 1. The van der Waals surface area contributed by atoms with Crippen LogP contribution in [-0.2, 0) is 32.6 Å². The molecule has 4 aromatic rings. The van der Waals surface area contributed by atoms with Crippen molar-refractivity contribution in [2.45, 2.75) is 43.0 Å². The van der Waals surface area contributed by atoms with Gasteiger partial charge in [0, 0.05) is 30.8 Å². The Morgan fingerprint density at radius 3 is 2.23 bits per heavy atom. The van der Waals surface area contributed by atoms with Gasteiger partial charge in [-0.1, -0.05) is 84.9 Å². The predicted octanol–water partition coefficient (Wildman–Crippen LogP) is 5.66. The van der Waals surface area contributed by atoms with Crippen molar-refractivity contribution in [2.24, 2.45) is 0 Å². The summed E-state index contributed by atoms with van der Waals surface area (Å²) in [5.74, 6) is 0. The monoisotopic (exact) mass is 558 g/mol. The first-order valence-electron chi connectivity index (χ1n) is 13.3. The molecule has 1 fully saturated rings. The van der Waals surface area contributed by atoms with Crippen molar-refractivity contribution in [3.8, 4) is 0 Å². The van der Waals surface area contributed by atoms with E-state index < -0.39 is 16.3 Å². The van der Waals surface area contributed by atoms with E-state index in [-0.39, 0.29) is 23.7 Å². The Morgan fingerprint density at radius 1 is 0.825 bits per heavy atom. The molecule has 1 aliphatic heterocycles. The number of sulfonamides is 1. The summed E-state index contributed by atoms with van der Waals surface area (Å²) in [5.41, 5.74) is 4.22. The van der Waals surface area contributed by atoms with Gasteiger partial charge < -0.3 is 14.6 Å². The molecule has 208 valence electrons. The lowest BCUT2D eigenvalue weighted by Crippen LogP contribution is -2.37. The van der Waals surface area contributed by atoms with E-state index in [0.717, 1.165) is 23.2 Å². The second-order valence-corrected chi connectivity index (χ2v) is 11.8. The lowest BCUT2D eigenvalue weighted by atomic mass is 9.99. The van der Waals surface area contributed by atoms with Crippen molar-refractivity contribution in [3.05, 3.63) is 131 Å². The molecule has 0 spiro atoms. The zero-order chi connectivity index (χ0) is 28.0. The van der Waals surface area contributed by atoms with Crippen molar-refractivity contribution in [1.82, 2.24) is 4.90 Å². The van der Waals surface area contributed by atoms with Gasteiger partial charge in [-0.25, -0.2) is 8.42 Å². The van der Waals surface area contributed by atoms with Gasteiger partial charge in [0.15, 0.2) is 6.29 Å². The van der Waals surface area contributed by atoms with E-state index in [9.17, 15) is 13.5 Å². The molecule has 0 amide bonds. The highest BCUT2D eigenvalue weighted by atomic mass is 32.2. The highest BCUT2D eigenvalue weighted by Crippen LogP contribution is 2.38. The van der Waals surface area contributed by atoms with Gasteiger partial charge in [0.1, 0.15) is 0 Å². The summed E-state index contributed by atoms with van der Waals surface area (Å²) in [4.78, 5) is 2.43. The molecule has 3 atom stereocenters. The topological polar surface area (TPSA) is 88.1 Å². The van der Waals surface area contributed by atoms with Crippen molar-refractivity contribution < 1.29 is 23.0 Å². The maximum atomic E-state index is 12.9. The minimum atomic E-state index is -3.74. The Hall–Kier alpha value is -3.53. The molecule has 7 nitrogen and oxygen atoms in total. The molecule has 1 saturated heterocycles. The highest BCUT2D eigenvalue weighted by Gasteiger charge is 2.33. The van der Waals surface area contributed by atoms with E-state index in [1.54, 1.807) is 48.5 Å². The molecule has 0 radical (unpaired) electrons. The molecule has 40 heavy (non-hydrogen) atoms. The first-order valence-corrected chi connectivity index (χ1v) is 14.8. The van der Waals surface area contributed by atoms with Crippen LogP contribution in [-0.4, -0.2) is 38.1 Å². The van der Waals surface area contributed by atoms with Crippen molar-refractivity contribution in [3.63, 3.8) is 0 Å². The summed E-state index contributed by atoms with van der Waals surface area (Å²) in [6, 6.07) is 33.5. The number of ether oxygens (including phenoxy) is 2. The molecule has 0 saturated carbocycles. The Morgan fingerprint density at radius 2 is 1.52 bits per heavy atom. The van der Waals surface area contributed by atoms with Crippen molar-refractivity contribution in [1.29, 1.82) is 0 Å². The van der Waals surface area contributed by atoms with Crippen LogP contribution in [0.5, 0.6) is 0 Å². The SMILES string of the molecule is CN(Cc1ccccc1)C[C@H]1C[C@@H](c2ccc(CO)cc2)O[C@@H](c2cccc(NS(=O)(=O)c3ccccc3)c2)O1. The van der Waals surface area contributed by atoms with Crippen LogP contribution >= 0.6 is 0 Å². The first kappa shape index (κ1) is 28.0. The van der Waals surface area contributed by atoms with E-state index in [1.807, 2.05) is 48.5 Å². The summed E-state index contributed by atoms with van der Waals surface area (Å²) in [5, 5.41) is 9.47. The molecular formula is C32H34N2O5S. The second kappa shape index (κ2) is 12.8. The van der Waals surface area contributed by atoms with E-state index in [1.165, 1.54) is 5.56 Å². The zero-order valence-corrected chi connectivity index (χ0v) is 23.2. The molecule has 8 heteroatoms. The molecular weight excluding hydrogens is 524 g/mol. The Kier molecular flexibility index (Phi) is 8.94. The summed E-state index contributed by atoms with van der Waals surface area (Å²) in [6.45, 7) is 1.47. The number of nitrogens with zero attached hydrogens (tertiary/aromatic N) is 1. The molecule has 0 bridgehead atoms. The fourth-order valence-electron chi connectivity index (χ4n) is 4.90. The molecule has 0 unspecified atom stereocenters. The molecule has 0 aromatic heterocycles. The van der Waals surface area contributed by atoms with Gasteiger partial charge in [0.25, 0.3) is 10.0 Å². The smallest absolute Gasteiger partial charge is 0.261 e. The van der Waals surface area contributed by atoms with Crippen LogP contribution in [0.4, 0.5) is 5.69 Å². The minimum absolute atomic E-state index is 0.0177. The third-order valence-corrected chi connectivity index (χ3v) is 8.29. The van der Waals surface area contributed by atoms with Crippen molar-refractivity contribution >= 4 is 15.7 Å². The first-order chi connectivity index (χ1) is 19.4. The third kappa shape index (κ3) is 7.15. The van der Waals surface area contributed by atoms with Crippen LogP contribution < -0.4 is 4.72 Å². The summed E-state index contributed by atoms with van der Waals surface area (Å²) in [6.07, 6.45) is -0.382. The average molecular weight is 559 g/mol. The third-order valence-electron chi connectivity index (χ3n) is 6.89. The summed E-state index contributed by atoms with van der Waals surface area (Å²) in [7, 11) is -1.66.